The number of thioether (sulfide) groups is 1. The Bertz CT molecular complexity index is 431. The van der Waals surface area contributed by atoms with E-state index in [0.717, 1.165) is 22.6 Å². The summed E-state index contributed by atoms with van der Waals surface area (Å²) in [5, 5.41) is 0. The summed E-state index contributed by atoms with van der Waals surface area (Å²) in [4.78, 5) is 7.96. The molecule has 2 rings (SSSR count). The van der Waals surface area contributed by atoms with Gasteiger partial charge in [0.05, 0.1) is 16.8 Å². The molecule has 0 aliphatic rings. The predicted molar refractivity (Wildman–Crippen MR) is 81.0 cm³/mol. The van der Waals surface area contributed by atoms with Crippen LogP contribution in [-0.4, -0.2) is 15.7 Å². The zero-order chi connectivity index (χ0) is 12.6. The van der Waals surface area contributed by atoms with Gasteiger partial charge in [-0.05, 0) is 24.3 Å². The van der Waals surface area contributed by atoms with E-state index in [4.69, 9.17) is 0 Å². The average molecular weight is 262 g/mol. The molecule has 0 atom stereocenters. The molecule has 1 aromatic heterocycles. The smallest absolute Gasteiger partial charge is 0.117 e. The molecule has 0 saturated carbocycles. The molecule has 18 heavy (non-hydrogen) atoms. The van der Waals surface area contributed by atoms with Gasteiger partial charge in [-0.2, -0.15) is 11.8 Å². The zero-order valence-corrected chi connectivity index (χ0v) is 11.9. The summed E-state index contributed by atoms with van der Waals surface area (Å²) in [6.45, 7) is 2.26. The third kappa shape index (κ3) is 4.05. The molecule has 0 amide bonds. The van der Waals surface area contributed by atoms with E-state index in [0.29, 0.717) is 0 Å². The Kier molecular flexibility index (Phi) is 5.59. The van der Waals surface area contributed by atoms with Crippen LogP contribution in [0, 0.1) is 0 Å². The lowest BCUT2D eigenvalue weighted by molar-refractivity contribution is 0.659. The van der Waals surface area contributed by atoms with Gasteiger partial charge < -0.3 is 4.98 Å². The molecule has 1 aromatic carbocycles. The average Bonchev–Trinajstić information content (AvgIpc) is 2.80. The lowest BCUT2D eigenvalue weighted by atomic mass is 10.2. The van der Waals surface area contributed by atoms with E-state index < -0.39 is 0 Å². The molecular formula is C15H22N2S. The Balaban J connectivity index is 1.67. The number of aromatic amines is 1. The highest BCUT2D eigenvalue weighted by atomic mass is 32.2. The van der Waals surface area contributed by atoms with Crippen molar-refractivity contribution in [2.24, 2.45) is 0 Å². The number of imidazole rings is 1. The number of benzene rings is 1. The fourth-order valence-corrected chi connectivity index (χ4v) is 2.93. The minimum Gasteiger partial charge on any atom is -0.341 e. The van der Waals surface area contributed by atoms with Crippen LogP contribution in [0.15, 0.2) is 24.3 Å². The van der Waals surface area contributed by atoms with E-state index in [1.54, 1.807) is 0 Å². The Morgan fingerprint density at radius 1 is 1.11 bits per heavy atom. The van der Waals surface area contributed by atoms with Gasteiger partial charge in [0.15, 0.2) is 0 Å². The van der Waals surface area contributed by atoms with Crippen LogP contribution in [0.1, 0.15) is 44.9 Å². The normalized spacial score (nSPS) is 11.2. The molecule has 0 radical (unpaired) electrons. The first-order chi connectivity index (χ1) is 8.90. The topological polar surface area (TPSA) is 28.7 Å². The summed E-state index contributed by atoms with van der Waals surface area (Å²) in [6.07, 6.45) is 6.81. The highest BCUT2D eigenvalue weighted by Gasteiger charge is 2.01. The number of fused-ring (bicyclic) bond motifs is 1. The highest BCUT2D eigenvalue weighted by molar-refractivity contribution is 7.98. The van der Waals surface area contributed by atoms with Gasteiger partial charge in [0.2, 0.25) is 0 Å². The number of para-hydroxylation sites is 2. The van der Waals surface area contributed by atoms with E-state index in [1.165, 1.54) is 37.9 Å². The summed E-state index contributed by atoms with van der Waals surface area (Å²) >= 11 is 1.99. The SMILES string of the molecule is CCCCCCCSCc1nc2ccccc2[nH]1. The lowest BCUT2D eigenvalue weighted by Crippen LogP contribution is -1.86. The number of aromatic nitrogens is 2. The Hall–Kier alpha value is -0.960. The highest BCUT2D eigenvalue weighted by Crippen LogP contribution is 2.16. The van der Waals surface area contributed by atoms with Crippen molar-refractivity contribution in [2.45, 2.75) is 44.8 Å². The maximum atomic E-state index is 4.58. The third-order valence-electron chi connectivity index (χ3n) is 3.07. The van der Waals surface area contributed by atoms with Gasteiger partial charge in [-0.1, -0.05) is 44.7 Å². The van der Waals surface area contributed by atoms with E-state index in [-0.39, 0.29) is 0 Å². The van der Waals surface area contributed by atoms with Gasteiger partial charge >= 0.3 is 0 Å². The second-order valence-corrected chi connectivity index (χ2v) is 5.77. The number of H-pyrrole nitrogens is 1. The molecule has 2 aromatic rings. The summed E-state index contributed by atoms with van der Waals surface area (Å²) in [5.74, 6) is 3.36. The lowest BCUT2D eigenvalue weighted by Gasteiger charge is -1.99. The van der Waals surface area contributed by atoms with Crippen molar-refractivity contribution in [1.82, 2.24) is 9.97 Å². The van der Waals surface area contributed by atoms with Crippen molar-refractivity contribution >= 4 is 22.8 Å². The molecule has 0 aliphatic heterocycles. The van der Waals surface area contributed by atoms with E-state index in [1.807, 2.05) is 23.9 Å². The molecule has 1 heterocycles. The summed E-state index contributed by atoms with van der Waals surface area (Å²) in [6, 6.07) is 8.23. The van der Waals surface area contributed by atoms with Gasteiger partial charge in [-0.3, -0.25) is 0 Å². The molecule has 0 bridgehead atoms. The maximum Gasteiger partial charge on any atom is 0.117 e. The summed E-state index contributed by atoms with van der Waals surface area (Å²) in [7, 11) is 0. The second-order valence-electron chi connectivity index (χ2n) is 4.67. The molecule has 0 saturated heterocycles. The minimum absolute atomic E-state index is 1.00. The van der Waals surface area contributed by atoms with Crippen LogP contribution in [0.3, 0.4) is 0 Å². The third-order valence-corrected chi connectivity index (χ3v) is 4.12. The number of hydrogen-bond donors (Lipinski definition) is 1. The quantitative estimate of drug-likeness (QED) is 0.694. The van der Waals surface area contributed by atoms with Gasteiger partial charge in [-0.25, -0.2) is 4.98 Å². The van der Waals surface area contributed by atoms with E-state index in [2.05, 4.69) is 29.0 Å². The standard InChI is InChI=1S/C15H22N2S/c1-2-3-4-5-8-11-18-12-15-16-13-9-6-7-10-14(13)17-15/h6-7,9-10H,2-5,8,11-12H2,1H3,(H,16,17). The zero-order valence-electron chi connectivity index (χ0n) is 11.1. The first-order valence-electron chi connectivity index (χ1n) is 6.91. The van der Waals surface area contributed by atoms with Crippen LogP contribution in [0.4, 0.5) is 0 Å². The van der Waals surface area contributed by atoms with Crippen LogP contribution < -0.4 is 0 Å². The number of nitrogens with one attached hydrogen (secondary N) is 1. The van der Waals surface area contributed by atoms with Crippen molar-refractivity contribution < 1.29 is 0 Å². The Morgan fingerprint density at radius 2 is 1.94 bits per heavy atom. The molecule has 3 heteroatoms. The first kappa shape index (κ1) is 13.5. The monoisotopic (exact) mass is 262 g/mol. The van der Waals surface area contributed by atoms with Crippen LogP contribution in [0.25, 0.3) is 11.0 Å². The molecule has 0 spiro atoms. The van der Waals surface area contributed by atoms with E-state index in [9.17, 15) is 0 Å². The minimum atomic E-state index is 1.00. The van der Waals surface area contributed by atoms with Gasteiger partial charge in [0.25, 0.3) is 0 Å². The van der Waals surface area contributed by atoms with Crippen molar-refractivity contribution in [3.8, 4) is 0 Å². The number of hydrogen-bond acceptors (Lipinski definition) is 2. The molecule has 1 N–H and O–H groups in total. The number of unbranched alkanes of at least 4 members (excludes halogenated alkanes) is 4. The molecule has 0 fully saturated rings. The molecule has 0 unspecified atom stereocenters. The Morgan fingerprint density at radius 3 is 2.78 bits per heavy atom. The molecular weight excluding hydrogens is 240 g/mol. The van der Waals surface area contributed by atoms with Crippen LogP contribution in [0.5, 0.6) is 0 Å². The van der Waals surface area contributed by atoms with Gasteiger partial charge in [0.1, 0.15) is 5.82 Å². The fourth-order valence-electron chi connectivity index (χ4n) is 2.05. The van der Waals surface area contributed by atoms with Gasteiger partial charge in [-0.15, -0.1) is 0 Å². The molecule has 98 valence electrons. The van der Waals surface area contributed by atoms with Crippen molar-refractivity contribution in [3.63, 3.8) is 0 Å². The summed E-state index contributed by atoms with van der Waals surface area (Å²) < 4.78 is 0. The molecule has 2 nitrogen and oxygen atoms in total. The Labute approximate surface area is 114 Å². The van der Waals surface area contributed by atoms with E-state index >= 15 is 0 Å². The molecule has 0 aliphatic carbocycles. The first-order valence-corrected chi connectivity index (χ1v) is 8.07. The predicted octanol–water partition coefficient (Wildman–Crippen LogP) is 4.77. The van der Waals surface area contributed by atoms with Crippen LogP contribution >= 0.6 is 11.8 Å². The van der Waals surface area contributed by atoms with Crippen LogP contribution in [-0.2, 0) is 5.75 Å². The van der Waals surface area contributed by atoms with Crippen molar-refractivity contribution in [3.05, 3.63) is 30.1 Å². The van der Waals surface area contributed by atoms with Crippen molar-refractivity contribution in [1.29, 1.82) is 0 Å². The largest absolute Gasteiger partial charge is 0.341 e. The number of nitrogens with zero attached hydrogens (tertiary/aromatic N) is 1. The second kappa shape index (κ2) is 7.47. The number of rotatable bonds is 8. The van der Waals surface area contributed by atoms with Crippen molar-refractivity contribution in [2.75, 3.05) is 5.75 Å². The van der Waals surface area contributed by atoms with Crippen LogP contribution in [0.2, 0.25) is 0 Å². The fraction of sp³-hybridized carbons (Fsp3) is 0.533. The maximum absolute atomic E-state index is 4.58. The van der Waals surface area contributed by atoms with Gasteiger partial charge in [0, 0.05) is 0 Å². The summed E-state index contributed by atoms with van der Waals surface area (Å²) in [5.41, 5.74) is 2.23.